The van der Waals surface area contributed by atoms with Crippen molar-refractivity contribution in [3.8, 4) is 0 Å². The lowest BCUT2D eigenvalue weighted by atomic mass is 10.0. The van der Waals surface area contributed by atoms with E-state index in [0.717, 1.165) is 0 Å². The van der Waals surface area contributed by atoms with E-state index in [1.54, 1.807) is 18.2 Å². The van der Waals surface area contributed by atoms with Gasteiger partial charge in [0.2, 0.25) is 0 Å². The normalized spacial score (nSPS) is 21.0. The maximum atomic E-state index is 13.4. The molecule has 3 N–H and O–H groups in total. The molecule has 1 heterocycles. The van der Waals surface area contributed by atoms with E-state index in [1.165, 1.54) is 6.07 Å². The number of rotatable bonds is 5. The number of ether oxygens (including phenoxy) is 1. The molecule has 1 saturated heterocycles. The number of carbonyl (C=O) groups excluding carboxylic acids is 1. The molecule has 2 amide bonds. The van der Waals surface area contributed by atoms with E-state index >= 15 is 0 Å². The first-order chi connectivity index (χ1) is 10.1. The van der Waals surface area contributed by atoms with Gasteiger partial charge in [-0.2, -0.15) is 0 Å². The first kappa shape index (κ1) is 15.2. The van der Waals surface area contributed by atoms with Crippen LogP contribution in [0.5, 0.6) is 0 Å². The number of halogens is 1. The first-order valence-electron chi connectivity index (χ1n) is 6.66. The SMILES string of the molecule is O=C(NCCc1ccccc1F)NC1COCC1C(=O)O. The van der Waals surface area contributed by atoms with Gasteiger partial charge in [0.25, 0.3) is 0 Å². The predicted molar refractivity (Wildman–Crippen MR) is 72.4 cm³/mol. The van der Waals surface area contributed by atoms with Crippen LogP contribution in [0.1, 0.15) is 5.56 Å². The Morgan fingerprint density at radius 2 is 2.10 bits per heavy atom. The third-order valence-electron chi connectivity index (χ3n) is 3.35. The van der Waals surface area contributed by atoms with Crippen LogP contribution >= 0.6 is 0 Å². The van der Waals surface area contributed by atoms with Gasteiger partial charge >= 0.3 is 12.0 Å². The number of aliphatic carboxylic acids is 1. The van der Waals surface area contributed by atoms with Gasteiger partial charge < -0.3 is 20.5 Å². The van der Waals surface area contributed by atoms with Gasteiger partial charge in [-0.05, 0) is 18.1 Å². The lowest BCUT2D eigenvalue weighted by Gasteiger charge is -2.16. The molecule has 114 valence electrons. The lowest BCUT2D eigenvalue weighted by molar-refractivity contribution is -0.142. The molecule has 0 spiro atoms. The summed E-state index contributed by atoms with van der Waals surface area (Å²) in [4.78, 5) is 22.6. The molecular weight excluding hydrogens is 279 g/mol. The second-order valence-electron chi connectivity index (χ2n) is 4.83. The zero-order chi connectivity index (χ0) is 15.2. The van der Waals surface area contributed by atoms with Gasteiger partial charge in [-0.1, -0.05) is 18.2 Å². The Kier molecular flexibility index (Phi) is 5.10. The Morgan fingerprint density at radius 3 is 2.81 bits per heavy atom. The molecular formula is C14H17FN2O4. The molecule has 2 unspecified atom stereocenters. The van der Waals surface area contributed by atoms with Gasteiger partial charge in [0.1, 0.15) is 11.7 Å². The second kappa shape index (κ2) is 7.03. The summed E-state index contributed by atoms with van der Waals surface area (Å²) in [5.41, 5.74) is 0.519. The van der Waals surface area contributed by atoms with E-state index in [2.05, 4.69) is 10.6 Å². The average molecular weight is 296 g/mol. The maximum Gasteiger partial charge on any atom is 0.315 e. The molecule has 2 rings (SSSR count). The van der Waals surface area contributed by atoms with Crippen LogP contribution in [0.4, 0.5) is 9.18 Å². The van der Waals surface area contributed by atoms with E-state index in [4.69, 9.17) is 9.84 Å². The molecule has 0 aliphatic carbocycles. The largest absolute Gasteiger partial charge is 0.481 e. The lowest BCUT2D eigenvalue weighted by Crippen LogP contribution is -2.47. The Bertz CT molecular complexity index is 523. The minimum Gasteiger partial charge on any atom is -0.481 e. The smallest absolute Gasteiger partial charge is 0.315 e. The second-order valence-corrected chi connectivity index (χ2v) is 4.83. The topological polar surface area (TPSA) is 87.7 Å². The Balaban J connectivity index is 1.75. The highest BCUT2D eigenvalue weighted by atomic mass is 19.1. The molecule has 6 nitrogen and oxygen atoms in total. The van der Waals surface area contributed by atoms with Crippen LogP contribution in [0.25, 0.3) is 0 Å². The van der Waals surface area contributed by atoms with Gasteiger partial charge in [0.05, 0.1) is 19.3 Å². The molecule has 7 heteroatoms. The van der Waals surface area contributed by atoms with Gasteiger partial charge in [0.15, 0.2) is 0 Å². The van der Waals surface area contributed by atoms with Crippen molar-refractivity contribution in [2.75, 3.05) is 19.8 Å². The fraction of sp³-hybridized carbons (Fsp3) is 0.429. The third-order valence-corrected chi connectivity index (χ3v) is 3.35. The van der Waals surface area contributed by atoms with Gasteiger partial charge in [0, 0.05) is 6.54 Å². The van der Waals surface area contributed by atoms with Crippen molar-refractivity contribution in [2.45, 2.75) is 12.5 Å². The molecule has 0 bridgehead atoms. The molecule has 1 aliphatic rings. The van der Waals surface area contributed by atoms with Gasteiger partial charge in [-0.3, -0.25) is 4.79 Å². The maximum absolute atomic E-state index is 13.4. The number of hydrogen-bond donors (Lipinski definition) is 3. The monoisotopic (exact) mass is 296 g/mol. The van der Waals surface area contributed by atoms with Crippen LogP contribution in [-0.4, -0.2) is 42.9 Å². The quantitative estimate of drug-likeness (QED) is 0.749. The Labute approximate surface area is 121 Å². The van der Waals surface area contributed by atoms with Crippen LogP contribution in [0.3, 0.4) is 0 Å². The molecule has 1 aliphatic heterocycles. The molecule has 0 radical (unpaired) electrons. The first-order valence-corrected chi connectivity index (χ1v) is 6.66. The summed E-state index contributed by atoms with van der Waals surface area (Å²) in [5.74, 6) is -2.04. The van der Waals surface area contributed by atoms with Crippen molar-refractivity contribution in [1.29, 1.82) is 0 Å². The van der Waals surface area contributed by atoms with Crippen molar-refractivity contribution < 1.29 is 23.8 Å². The van der Waals surface area contributed by atoms with Crippen LogP contribution < -0.4 is 10.6 Å². The highest BCUT2D eigenvalue weighted by Gasteiger charge is 2.34. The van der Waals surface area contributed by atoms with Crippen molar-refractivity contribution >= 4 is 12.0 Å². The van der Waals surface area contributed by atoms with Crippen molar-refractivity contribution in [3.63, 3.8) is 0 Å². The summed E-state index contributed by atoms with van der Waals surface area (Å²) in [6, 6.07) is 5.32. The number of benzene rings is 1. The highest BCUT2D eigenvalue weighted by Crippen LogP contribution is 2.13. The molecule has 21 heavy (non-hydrogen) atoms. The highest BCUT2D eigenvalue weighted by molar-refractivity contribution is 5.77. The van der Waals surface area contributed by atoms with Crippen LogP contribution in [0, 0.1) is 11.7 Å². The molecule has 0 aromatic heterocycles. The number of carboxylic acid groups (broad SMARTS) is 1. The minimum atomic E-state index is -0.996. The summed E-state index contributed by atoms with van der Waals surface area (Å²) in [5, 5.41) is 14.1. The zero-order valence-electron chi connectivity index (χ0n) is 11.3. The van der Waals surface area contributed by atoms with Gasteiger partial charge in [-0.25, -0.2) is 9.18 Å². The van der Waals surface area contributed by atoms with Crippen molar-refractivity contribution in [3.05, 3.63) is 35.6 Å². The standard InChI is InChI=1S/C14H17FN2O4/c15-11-4-2-1-3-9(11)5-6-16-14(20)17-12-8-21-7-10(12)13(18)19/h1-4,10,12H,5-8H2,(H,18,19)(H2,16,17,20). The Morgan fingerprint density at radius 1 is 1.33 bits per heavy atom. The third kappa shape index (κ3) is 4.16. The fourth-order valence-corrected chi connectivity index (χ4v) is 2.17. The van der Waals surface area contributed by atoms with Gasteiger partial charge in [-0.15, -0.1) is 0 Å². The zero-order valence-corrected chi connectivity index (χ0v) is 11.3. The van der Waals surface area contributed by atoms with Crippen LogP contribution in [0.15, 0.2) is 24.3 Å². The predicted octanol–water partition coefficient (Wildman–Crippen LogP) is 0.767. The van der Waals surface area contributed by atoms with E-state index < -0.39 is 24.0 Å². The number of hydrogen-bond acceptors (Lipinski definition) is 3. The van der Waals surface area contributed by atoms with Crippen LogP contribution in [-0.2, 0) is 16.0 Å². The van der Waals surface area contributed by atoms with E-state index in [0.29, 0.717) is 12.0 Å². The van der Waals surface area contributed by atoms with Crippen molar-refractivity contribution in [2.24, 2.45) is 5.92 Å². The molecule has 1 aromatic rings. The molecule has 1 aromatic carbocycles. The van der Waals surface area contributed by atoms with E-state index in [1.807, 2.05) is 0 Å². The van der Waals surface area contributed by atoms with E-state index in [-0.39, 0.29) is 25.6 Å². The summed E-state index contributed by atoms with van der Waals surface area (Å²) in [6.45, 7) is 0.533. The number of amides is 2. The summed E-state index contributed by atoms with van der Waals surface area (Å²) in [7, 11) is 0. The van der Waals surface area contributed by atoms with E-state index in [9.17, 15) is 14.0 Å². The number of carbonyl (C=O) groups is 2. The fourth-order valence-electron chi connectivity index (χ4n) is 2.17. The molecule has 1 fully saturated rings. The molecule has 2 atom stereocenters. The number of urea groups is 1. The molecule has 0 saturated carbocycles. The summed E-state index contributed by atoms with van der Waals surface area (Å²) >= 11 is 0. The average Bonchev–Trinajstić information content (AvgIpc) is 2.89. The minimum absolute atomic E-state index is 0.0928. The Hall–Kier alpha value is -2.15. The number of nitrogens with one attached hydrogen (secondary N) is 2. The van der Waals surface area contributed by atoms with Crippen LogP contribution in [0.2, 0.25) is 0 Å². The van der Waals surface area contributed by atoms with Crippen molar-refractivity contribution in [1.82, 2.24) is 10.6 Å². The summed E-state index contributed by atoms with van der Waals surface area (Å²) < 4.78 is 18.4. The number of carboxylic acids is 1. The summed E-state index contributed by atoms with van der Waals surface area (Å²) in [6.07, 6.45) is 0.365.